The van der Waals surface area contributed by atoms with Gasteiger partial charge in [-0.15, -0.1) is 0 Å². The molecule has 27 heavy (non-hydrogen) atoms. The van der Waals surface area contributed by atoms with Crippen molar-refractivity contribution in [1.82, 2.24) is 19.4 Å². The average molecular weight is 386 g/mol. The summed E-state index contributed by atoms with van der Waals surface area (Å²) in [5.41, 5.74) is 1.77. The van der Waals surface area contributed by atoms with Gasteiger partial charge in [0.15, 0.2) is 6.10 Å². The molecule has 1 aromatic carbocycles. The molecule has 4 rings (SSSR count). The molecule has 3 aromatic rings. The van der Waals surface area contributed by atoms with Gasteiger partial charge < -0.3 is 9.26 Å². The summed E-state index contributed by atoms with van der Waals surface area (Å²) in [4.78, 5) is 8.57. The molecule has 0 bridgehead atoms. The largest absolute Gasteiger partial charge is 0.366 e. The van der Waals surface area contributed by atoms with E-state index < -0.39 is 16.1 Å². The van der Waals surface area contributed by atoms with Crippen LogP contribution in [0.1, 0.15) is 17.6 Å². The van der Waals surface area contributed by atoms with Gasteiger partial charge in [0, 0.05) is 31.0 Å². The first-order valence-electron chi connectivity index (χ1n) is 8.46. The molecule has 0 N–H and O–H groups in total. The number of aromatic nitrogens is 3. The second-order valence-electron chi connectivity index (χ2n) is 6.23. The Labute approximate surface area is 156 Å². The van der Waals surface area contributed by atoms with Gasteiger partial charge in [0.1, 0.15) is 0 Å². The van der Waals surface area contributed by atoms with Crippen LogP contribution in [-0.4, -0.2) is 47.5 Å². The molecule has 0 radical (unpaired) electrons. The number of rotatable bonds is 4. The molecule has 0 spiro atoms. The van der Waals surface area contributed by atoms with E-state index in [0.29, 0.717) is 5.82 Å². The molecule has 1 saturated heterocycles. The van der Waals surface area contributed by atoms with Gasteiger partial charge in [-0.05, 0) is 31.2 Å². The van der Waals surface area contributed by atoms with Gasteiger partial charge in [-0.2, -0.15) is 9.29 Å². The van der Waals surface area contributed by atoms with E-state index in [1.54, 1.807) is 48.8 Å². The monoisotopic (exact) mass is 386 g/mol. The van der Waals surface area contributed by atoms with Crippen molar-refractivity contribution < 1.29 is 17.7 Å². The van der Waals surface area contributed by atoms with Crippen LogP contribution in [0.2, 0.25) is 0 Å². The van der Waals surface area contributed by atoms with Crippen molar-refractivity contribution in [3.05, 3.63) is 60.2 Å². The fourth-order valence-corrected chi connectivity index (χ4v) is 4.26. The van der Waals surface area contributed by atoms with Gasteiger partial charge in [0.2, 0.25) is 15.8 Å². The summed E-state index contributed by atoms with van der Waals surface area (Å²) in [5.74, 6) is 0.667. The van der Waals surface area contributed by atoms with Crippen molar-refractivity contribution >= 4 is 10.0 Å². The van der Waals surface area contributed by atoms with Gasteiger partial charge in [0.05, 0.1) is 11.5 Å². The van der Waals surface area contributed by atoms with E-state index in [0.717, 1.165) is 11.1 Å². The number of pyridine rings is 1. The Morgan fingerprint density at radius 1 is 1.11 bits per heavy atom. The Balaban J connectivity index is 1.55. The van der Waals surface area contributed by atoms with Crippen molar-refractivity contribution in [2.75, 3.05) is 19.7 Å². The van der Waals surface area contributed by atoms with E-state index >= 15 is 0 Å². The smallest absolute Gasteiger partial charge is 0.257 e. The average Bonchev–Trinajstić information content (AvgIpc) is 3.19. The lowest BCUT2D eigenvalue weighted by atomic mass is 10.2. The number of nitrogens with zero attached hydrogens (tertiary/aromatic N) is 4. The number of morpholine rings is 1. The standard InChI is InChI=1S/C18H18N4O4S/c1-13-2-4-15(5-3-13)27(23,24)22-10-11-25-16(12-22)18-20-17(21-26-18)14-6-8-19-9-7-14/h2-9,16H,10-12H2,1H3. The molecule has 1 aliphatic rings. The molecule has 1 unspecified atom stereocenters. The zero-order valence-corrected chi connectivity index (χ0v) is 15.5. The second-order valence-corrected chi connectivity index (χ2v) is 8.17. The van der Waals surface area contributed by atoms with E-state index in [1.807, 2.05) is 6.92 Å². The Hall–Kier alpha value is -2.62. The minimum Gasteiger partial charge on any atom is -0.366 e. The molecular weight excluding hydrogens is 368 g/mol. The summed E-state index contributed by atoms with van der Waals surface area (Å²) in [6.45, 7) is 2.56. The molecule has 9 heteroatoms. The van der Waals surface area contributed by atoms with Crippen LogP contribution in [0, 0.1) is 6.92 Å². The van der Waals surface area contributed by atoms with Gasteiger partial charge >= 0.3 is 0 Å². The van der Waals surface area contributed by atoms with E-state index in [2.05, 4.69) is 15.1 Å². The third-order valence-corrected chi connectivity index (χ3v) is 6.22. The molecular formula is C18H18N4O4S. The third-order valence-electron chi connectivity index (χ3n) is 4.34. The van der Waals surface area contributed by atoms with Crippen molar-refractivity contribution in [2.24, 2.45) is 0 Å². The molecule has 3 heterocycles. The Morgan fingerprint density at radius 3 is 2.59 bits per heavy atom. The number of aryl methyl sites for hydroxylation is 1. The van der Waals surface area contributed by atoms with E-state index in [-0.39, 0.29) is 30.5 Å². The lowest BCUT2D eigenvalue weighted by Gasteiger charge is -2.30. The zero-order chi connectivity index (χ0) is 18.9. The highest BCUT2D eigenvalue weighted by Gasteiger charge is 2.34. The molecule has 2 aromatic heterocycles. The fourth-order valence-electron chi connectivity index (χ4n) is 2.84. The molecule has 0 amide bonds. The van der Waals surface area contributed by atoms with Gasteiger partial charge in [-0.3, -0.25) is 4.98 Å². The number of hydrogen-bond donors (Lipinski definition) is 0. The number of hydrogen-bond acceptors (Lipinski definition) is 7. The van der Waals surface area contributed by atoms with Crippen LogP contribution in [-0.2, 0) is 14.8 Å². The summed E-state index contributed by atoms with van der Waals surface area (Å²) < 4.78 is 38.2. The second kappa shape index (κ2) is 7.18. The first kappa shape index (κ1) is 17.8. The summed E-state index contributed by atoms with van der Waals surface area (Å²) in [6, 6.07) is 10.3. The van der Waals surface area contributed by atoms with E-state index in [1.165, 1.54) is 4.31 Å². The minimum absolute atomic E-state index is 0.119. The number of sulfonamides is 1. The molecule has 140 valence electrons. The lowest BCUT2D eigenvalue weighted by Crippen LogP contribution is -2.42. The van der Waals surface area contributed by atoms with E-state index in [9.17, 15) is 8.42 Å². The minimum atomic E-state index is -3.61. The van der Waals surface area contributed by atoms with Gasteiger partial charge in [0.25, 0.3) is 5.89 Å². The quantitative estimate of drug-likeness (QED) is 0.678. The lowest BCUT2D eigenvalue weighted by molar-refractivity contribution is -0.0199. The van der Waals surface area contributed by atoms with Crippen molar-refractivity contribution in [2.45, 2.75) is 17.9 Å². The molecule has 1 fully saturated rings. The Morgan fingerprint density at radius 2 is 1.85 bits per heavy atom. The van der Waals surface area contributed by atoms with Gasteiger partial charge in [-0.1, -0.05) is 22.9 Å². The third kappa shape index (κ3) is 3.61. The van der Waals surface area contributed by atoms with Crippen molar-refractivity contribution in [1.29, 1.82) is 0 Å². The van der Waals surface area contributed by atoms with Crippen LogP contribution in [0.3, 0.4) is 0 Å². The molecule has 8 nitrogen and oxygen atoms in total. The van der Waals surface area contributed by atoms with Crippen LogP contribution in [0.25, 0.3) is 11.4 Å². The van der Waals surface area contributed by atoms with Gasteiger partial charge in [-0.25, -0.2) is 8.42 Å². The molecule has 0 saturated carbocycles. The summed E-state index contributed by atoms with van der Waals surface area (Å²) in [5, 5.41) is 3.95. The normalized spacial score (nSPS) is 18.5. The van der Waals surface area contributed by atoms with Crippen LogP contribution < -0.4 is 0 Å². The van der Waals surface area contributed by atoms with Crippen molar-refractivity contribution in [3.8, 4) is 11.4 Å². The van der Waals surface area contributed by atoms with Crippen LogP contribution in [0.4, 0.5) is 0 Å². The first-order valence-corrected chi connectivity index (χ1v) is 9.90. The fraction of sp³-hybridized carbons (Fsp3) is 0.278. The topological polar surface area (TPSA) is 98.4 Å². The highest BCUT2D eigenvalue weighted by molar-refractivity contribution is 7.89. The summed E-state index contributed by atoms with van der Waals surface area (Å²) >= 11 is 0. The maximum absolute atomic E-state index is 12.9. The summed E-state index contributed by atoms with van der Waals surface area (Å²) in [6.07, 6.45) is 2.67. The Bertz CT molecular complexity index is 1020. The first-order chi connectivity index (χ1) is 13.0. The predicted octanol–water partition coefficient (Wildman–Crippen LogP) is 2.20. The Kier molecular flexibility index (Phi) is 4.73. The van der Waals surface area contributed by atoms with E-state index in [4.69, 9.17) is 9.26 Å². The number of benzene rings is 1. The molecule has 0 aliphatic carbocycles. The predicted molar refractivity (Wildman–Crippen MR) is 96.2 cm³/mol. The van der Waals surface area contributed by atoms with Crippen molar-refractivity contribution in [3.63, 3.8) is 0 Å². The maximum atomic E-state index is 12.9. The SMILES string of the molecule is Cc1ccc(S(=O)(=O)N2CCOC(c3nc(-c4ccncc4)no3)C2)cc1. The van der Waals surface area contributed by atoms with Crippen LogP contribution in [0.5, 0.6) is 0 Å². The number of ether oxygens (including phenoxy) is 1. The maximum Gasteiger partial charge on any atom is 0.257 e. The molecule has 1 atom stereocenters. The highest BCUT2D eigenvalue weighted by atomic mass is 32.2. The van der Waals surface area contributed by atoms with Crippen LogP contribution in [0.15, 0.2) is 58.2 Å². The highest BCUT2D eigenvalue weighted by Crippen LogP contribution is 2.27. The molecule has 1 aliphatic heterocycles. The summed E-state index contributed by atoms with van der Waals surface area (Å²) in [7, 11) is -3.61. The van der Waals surface area contributed by atoms with Crippen LogP contribution >= 0.6 is 0 Å². The zero-order valence-electron chi connectivity index (χ0n) is 14.6.